The van der Waals surface area contributed by atoms with Gasteiger partial charge in [0.1, 0.15) is 0 Å². The molecule has 0 amide bonds. The molecule has 0 saturated heterocycles. The highest BCUT2D eigenvalue weighted by molar-refractivity contribution is 6.30. The van der Waals surface area contributed by atoms with E-state index in [4.69, 9.17) is 26.6 Å². The Bertz CT molecular complexity index is 1650. The van der Waals surface area contributed by atoms with Gasteiger partial charge in [-0.3, -0.25) is 0 Å². The molecule has 1 aromatic heterocycles. The molecular weight excluding hydrogens is 474 g/mol. The molecule has 4 heteroatoms. The molecule has 6 rings (SSSR count). The van der Waals surface area contributed by atoms with Gasteiger partial charge in [-0.1, -0.05) is 133 Å². The predicted octanol–water partition coefficient (Wildman–Crippen LogP) is 8.86. The first kappa shape index (κ1) is 22.8. The van der Waals surface area contributed by atoms with Crippen LogP contribution in [0.5, 0.6) is 0 Å². The molecule has 0 N–H and O–H groups in total. The van der Waals surface area contributed by atoms with E-state index < -0.39 is 0 Å². The van der Waals surface area contributed by atoms with Crippen molar-refractivity contribution in [2.45, 2.75) is 0 Å². The number of hydrogen-bond acceptors (Lipinski definition) is 3. The van der Waals surface area contributed by atoms with Gasteiger partial charge in [-0.05, 0) is 34.4 Å². The molecule has 0 unspecified atom stereocenters. The van der Waals surface area contributed by atoms with Crippen molar-refractivity contribution in [1.29, 1.82) is 0 Å². The summed E-state index contributed by atoms with van der Waals surface area (Å²) in [4.78, 5) is 14.8. The Balaban J connectivity index is 1.49. The summed E-state index contributed by atoms with van der Waals surface area (Å²) in [6.45, 7) is 0. The lowest BCUT2D eigenvalue weighted by atomic mass is 9.99. The molecule has 5 aromatic carbocycles. The summed E-state index contributed by atoms with van der Waals surface area (Å²) in [5.41, 5.74) is 7.22. The zero-order valence-electron chi connectivity index (χ0n) is 19.9. The largest absolute Gasteiger partial charge is 0.208 e. The highest BCUT2D eigenvalue weighted by Gasteiger charge is 2.15. The van der Waals surface area contributed by atoms with Gasteiger partial charge in [0.05, 0.1) is 0 Å². The van der Waals surface area contributed by atoms with Gasteiger partial charge < -0.3 is 0 Å². The Hall–Kier alpha value is -4.60. The standard InChI is InChI=1S/C33H22ClN3/c34-28-21-19-25(20-22-28)29-13-7-8-14-30(29)33-36-31(26-11-5-2-6-12-26)35-32(37-33)27-17-15-24(16-18-27)23-9-3-1-4-10-23/h1-22H. The van der Waals surface area contributed by atoms with Crippen molar-refractivity contribution in [1.82, 2.24) is 15.0 Å². The zero-order chi connectivity index (χ0) is 25.0. The maximum Gasteiger partial charge on any atom is 0.164 e. The molecular formula is C33H22ClN3. The van der Waals surface area contributed by atoms with Crippen molar-refractivity contribution in [2.75, 3.05) is 0 Å². The van der Waals surface area contributed by atoms with Gasteiger partial charge in [0.15, 0.2) is 17.5 Å². The minimum atomic E-state index is 0.626. The maximum atomic E-state index is 6.15. The molecule has 0 spiro atoms. The van der Waals surface area contributed by atoms with Gasteiger partial charge >= 0.3 is 0 Å². The van der Waals surface area contributed by atoms with Crippen LogP contribution in [0.2, 0.25) is 5.02 Å². The van der Waals surface area contributed by atoms with Crippen LogP contribution in [0.25, 0.3) is 56.4 Å². The van der Waals surface area contributed by atoms with Crippen LogP contribution in [0, 0.1) is 0 Å². The second kappa shape index (κ2) is 10.2. The summed E-state index contributed by atoms with van der Waals surface area (Å²) in [6, 6.07) is 44.7. The van der Waals surface area contributed by atoms with Gasteiger partial charge in [-0.15, -0.1) is 0 Å². The average molecular weight is 496 g/mol. The van der Waals surface area contributed by atoms with Gasteiger partial charge in [0, 0.05) is 21.7 Å². The lowest BCUT2D eigenvalue weighted by Crippen LogP contribution is -2.01. The Morgan fingerprint density at radius 2 is 0.730 bits per heavy atom. The van der Waals surface area contributed by atoms with Gasteiger partial charge in [0.2, 0.25) is 0 Å². The van der Waals surface area contributed by atoms with Crippen molar-refractivity contribution in [3.63, 3.8) is 0 Å². The van der Waals surface area contributed by atoms with Crippen molar-refractivity contribution < 1.29 is 0 Å². The zero-order valence-corrected chi connectivity index (χ0v) is 20.7. The Kier molecular flexibility index (Phi) is 6.28. The average Bonchev–Trinajstić information content (AvgIpc) is 2.98. The topological polar surface area (TPSA) is 38.7 Å². The van der Waals surface area contributed by atoms with Crippen LogP contribution in [-0.2, 0) is 0 Å². The van der Waals surface area contributed by atoms with Crippen molar-refractivity contribution in [3.8, 4) is 56.4 Å². The fourth-order valence-corrected chi connectivity index (χ4v) is 4.47. The monoisotopic (exact) mass is 495 g/mol. The first-order valence-corrected chi connectivity index (χ1v) is 12.5. The van der Waals surface area contributed by atoms with E-state index in [1.54, 1.807) is 0 Å². The SMILES string of the molecule is Clc1ccc(-c2ccccc2-c2nc(-c3ccccc3)nc(-c3ccc(-c4ccccc4)cc3)n2)cc1. The molecule has 6 aromatic rings. The number of aromatic nitrogens is 3. The van der Waals surface area contributed by atoms with Gasteiger partial charge in [-0.2, -0.15) is 0 Å². The van der Waals surface area contributed by atoms with Crippen LogP contribution >= 0.6 is 11.6 Å². The maximum absolute atomic E-state index is 6.15. The van der Waals surface area contributed by atoms with Crippen LogP contribution < -0.4 is 0 Å². The molecule has 3 nitrogen and oxygen atoms in total. The molecule has 0 atom stereocenters. The van der Waals surface area contributed by atoms with Crippen molar-refractivity contribution >= 4 is 11.6 Å². The predicted molar refractivity (Wildman–Crippen MR) is 152 cm³/mol. The molecule has 0 bridgehead atoms. The van der Waals surface area contributed by atoms with Gasteiger partial charge in [0.25, 0.3) is 0 Å². The first-order chi connectivity index (χ1) is 18.2. The minimum absolute atomic E-state index is 0.626. The highest BCUT2D eigenvalue weighted by atomic mass is 35.5. The highest BCUT2D eigenvalue weighted by Crippen LogP contribution is 2.33. The van der Waals surface area contributed by atoms with Crippen LogP contribution in [0.15, 0.2) is 133 Å². The van der Waals surface area contributed by atoms with E-state index in [0.29, 0.717) is 22.5 Å². The molecule has 1 heterocycles. The fraction of sp³-hybridized carbons (Fsp3) is 0. The van der Waals surface area contributed by atoms with E-state index in [9.17, 15) is 0 Å². The summed E-state index contributed by atoms with van der Waals surface area (Å²) in [5, 5.41) is 0.703. The Morgan fingerprint density at radius 3 is 1.35 bits per heavy atom. The van der Waals surface area contributed by atoms with Gasteiger partial charge in [-0.25, -0.2) is 15.0 Å². The second-order valence-corrected chi connectivity index (χ2v) is 9.10. The summed E-state index contributed by atoms with van der Waals surface area (Å²) in [5.74, 6) is 1.90. The summed E-state index contributed by atoms with van der Waals surface area (Å²) >= 11 is 6.15. The molecule has 0 fully saturated rings. The summed E-state index contributed by atoms with van der Waals surface area (Å²) in [7, 11) is 0. The third kappa shape index (κ3) is 4.90. The number of nitrogens with zero attached hydrogens (tertiary/aromatic N) is 3. The second-order valence-electron chi connectivity index (χ2n) is 8.67. The third-order valence-electron chi connectivity index (χ3n) is 6.24. The lowest BCUT2D eigenvalue weighted by Gasteiger charge is -2.12. The molecule has 0 radical (unpaired) electrons. The van der Waals surface area contributed by atoms with Crippen molar-refractivity contribution in [3.05, 3.63) is 138 Å². The van der Waals surface area contributed by atoms with E-state index in [2.05, 4.69) is 48.5 Å². The van der Waals surface area contributed by atoms with Crippen LogP contribution in [0.3, 0.4) is 0 Å². The molecule has 0 aliphatic rings. The van der Waals surface area contributed by atoms with E-state index in [1.165, 1.54) is 5.56 Å². The minimum Gasteiger partial charge on any atom is -0.208 e. The van der Waals surface area contributed by atoms with E-state index >= 15 is 0 Å². The number of benzene rings is 5. The normalized spacial score (nSPS) is 10.8. The quantitative estimate of drug-likeness (QED) is 0.240. The van der Waals surface area contributed by atoms with Crippen LogP contribution in [0.1, 0.15) is 0 Å². The van der Waals surface area contributed by atoms with E-state index in [-0.39, 0.29) is 0 Å². The van der Waals surface area contributed by atoms with E-state index in [0.717, 1.165) is 33.4 Å². The number of rotatable bonds is 5. The summed E-state index contributed by atoms with van der Waals surface area (Å²) < 4.78 is 0. The van der Waals surface area contributed by atoms with Crippen LogP contribution in [-0.4, -0.2) is 15.0 Å². The fourth-order valence-electron chi connectivity index (χ4n) is 4.34. The third-order valence-corrected chi connectivity index (χ3v) is 6.49. The first-order valence-electron chi connectivity index (χ1n) is 12.1. The summed E-state index contributed by atoms with van der Waals surface area (Å²) in [6.07, 6.45) is 0. The molecule has 0 saturated carbocycles. The molecule has 0 aliphatic carbocycles. The molecule has 0 aliphatic heterocycles. The number of halogens is 1. The molecule has 176 valence electrons. The Labute approximate surface area is 221 Å². The number of hydrogen-bond donors (Lipinski definition) is 0. The van der Waals surface area contributed by atoms with Crippen molar-refractivity contribution in [2.24, 2.45) is 0 Å². The smallest absolute Gasteiger partial charge is 0.164 e. The Morgan fingerprint density at radius 1 is 0.324 bits per heavy atom. The lowest BCUT2D eigenvalue weighted by molar-refractivity contribution is 1.07. The van der Waals surface area contributed by atoms with E-state index in [1.807, 2.05) is 84.9 Å². The molecule has 37 heavy (non-hydrogen) atoms. The van der Waals surface area contributed by atoms with Crippen LogP contribution in [0.4, 0.5) is 0 Å².